The van der Waals surface area contributed by atoms with E-state index in [1.807, 2.05) is 0 Å². The van der Waals surface area contributed by atoms with Gasteiger partial charge in [0.1, 0.15) is 30.1 Å². The Kier molecular flexibility index (Phi) is 14.4. The average Bonchev–Trinajstić information content (AvgIpc) is 3.00. The standard InChI is InChI=1S/C35H42F4O4/c1-3-5-7-9-10-12-22-41-32-21-20-29(33(38)34(32)39)25-14-16-27(17-15-25)43-35(40)30-19-18-28(23-31(30)37)42-24-26(36)13-11-8-6-4-2/h14-21,23,26H,3-13,22,24H2,1-2H3. The highest BCUT2D eigenvalue weighted by Gasteiger charge is 2.18. The van der Waals surface area contributed by atoms with Gasteiger partial charge in [-0.25, -0.2) is 18.0 Å². The molecule has 3 rings (SSSR count). The van der Waals surface area contributed by atoms with Crippen LogP contribution in [0.1, 0.15) is 94.8 Å². The van der Waals surface area contributed by atoms with Gasteiger partial charge in [-0.15, -0.1) is 0 Å². The van der Waals surface area contributed by atoms with Crippen LogP contribution < -0.4 is 14.2 Å². The summed E-state index contributed by atoms with van der Waals surface area (Å²) in [6.07, 6.45) is 9.44. The van der Waals surface area contributed by atoms with Crippen molar-refractivity contribution < 1.29 is 36.6 Å². The van der Waals surface area contributed by atoms with Crippen molar-refractivity contribution in [1.82, 2.24) is 0 Å². The van der Waals surface area contributed by atoms with E-state index < -0.39 is 29.6 Å². The first-order valence-corrected chi connectivity index (χ1v) is 15.3. The van der Waals surface area contributed by atoms with Crippen LogP contribution in [-0.4, -0.2) is 25.4 Å². The number of alkyl halides is 1. The van der Waals surface area contributed by atoms with Gasteiger partial charge in [-0.1, -0.05) is 83.8 Å². The molecule has 8 heteroatoms. The summed E-state index contributed by atoms with van der Waals surface area (Å²) in [6.45, 7) is 4.35. The molecule has 1 unspecified atom stereocenters. The summed E-state index contributed by atoms with van der Waals surface area (Å²) in [5.41, 5.74) is 0.0701. The van der Waals surface area contributed by atoms with E-state index in [1.165, 1.54) is 55.0 Å². The maximum atomic E-state index is 14.8. The monoisotopic (exact) mass is 602 g/mol. The van der Waals surface area contributed by atoms with Crippen molar-refractivity contribution in [3.8, 4) is 28.4 Å². The Morgan fingerprint density at radius 1 is 0.721 bits per heavy atom. The number of unbranched alkanes of at least 4 members (excludes halogenated alkanes) is 8. The molecule has 0 saturated carbocycles. The van der Waals surface area contributed by atoms with Gasteiger partial charge in [-0.3, -0.25) is 0 Å². The Bertz CT molecular complexity index is 1280. The van der Waals surface area contributed by atoms with E-state index in [9.17, 15) is 22.4 Å². The molecule has 3 aromatic rings. The molecule has 0 aliphatic carbocycles. The van der Waals surface area contributed by atoms with Crippen molar-refractivity contribution in [2.24, 2.45) is 0 Å². The number of benzene rings is 3. The molecule has 0 bridgehead atoms. The summed E-state index contributed by atoms with van der Waals surface area (Å²) < 4.78 is 74.2. The molecule has 0 amide bonds. The fourth-order valence-electron chi connectivity index (χ4n) is 4.61. The topological polar surface area (TPSA) is 44.8 Å². The molecule has 0 heterocycles. The van der Waals surface area contributed by atoms with Crippen LogP contribution in [0, 0.1) is 17.5 Å². The molecule has 0 fully saturated rings. The molecule has 0 N–H and O–H groups in total. The van der Waals surface area contributed by atoms with Crippen molar-refractivity contribution in [1.29, 1.82) is 0 Å². The van der Waals surface area contributed by atoms with Crippen molar-refractivity contribution in [3.05, 3.63) is 77.6 Å². The van der Waals surface area contributed by atoms with Gasteiger partial charge >= 0.3 is 5.97 Å². The number of halogens is 4. The zero-order valence-corrected chi connectivity index (χ0v) is 25.1. The van der Waals surface area contributed by atoms with Crippen LogP contribution >= 0.6 is 0 Å². The molecule has 0 saturated heterocycles. The lowest BCUT2D eigenvalue weighted by Crippen LogP contribution is -2.14. The van der Waals surface area contributed by atoms with Crippen LogP contribution in [0.25, 0.3) is 11.1 Å². The van der Waals surface area contributed by atoms with Crippen LogP contribution in [-0.2, 0) is 0 Å². The minimum absolute atomic E-state index is 0.0282. The molecule has 1 atom stereocenters. The highest BCUT2D eigenvalue weighted by Crippen LogP contribution is 2.31. The number of carbonyl (C=O) groups is 1. The molecule has 0 spiro atoms. The van der Waals surface area contributed by atoms with E-state index in [2.05, 4.69) is 13.8 Å². The van der Waals surface area contributed by atoms with Gasteiger partial charge in [-0.2, -0.15) is 4.39 Å². The maximum absolute atomic E-state index is 14.8. The molecule has 0 aliphatic rings. The maximum Gasteiger partial charge on any atom is 0.346 e. The van der Waals surface area contributed by atoms with Crippen molar-refractivity contribution in [2.75, 3.05) is 13.2 Å². The predicted octanol–water partition coefficient (Wildman–Crippen LogP) is 10.4. The van der Waals surface area contributed by atoms with Crippen molar-refractivity contribution in [3.63, 3.8) is 0 Å². The highest BCUT2D eigenvalue weighted by atomic mass is 19.2. The van der Waals surface area contributed by atoms with Gasteiger partial charge in [0, 0.05) is 11.6 Å². The summed E-state index contributed by atoms with van der Waals surface area (Å²) >= 11 is 0. The second kappa shape index (κ2) is 18.2. The summed E-state index contributed by atoms with van der Waals surface area (Å²) in [5, 5.41) is 0. The Balaban J connectivity index is 1.52. The SMILES string of the molecule is CCCCCCCCOc1ccc(-c2ccc(OC(=O)c3ccc(OCC(F)CCCCCC)cc3F)cc2)c(F)c1F. The number of ether oxygens (including phenoxy) is 3. The average molecular weight is 603 g/mol. The third kappa shape index (κ3) is 10.9. The molecule has 43 heavy (non-hydrogen) atoms. The van der Waals surface area contributed by atoms with Gasteiger partial charge < -0.3 is 14.2 Å². The first kappa shape index (κ1) is 33.9. The quantitative estimate of drug-likeness (QED) is 0.0593. The fourth-order valence-corrected chi connectivity index (χ4v) is 4.61. The second-order valence-corrected chi connectivity index (χ2v) is 10.7. The first-order valence-electron chi connectivity index (χ1n) is 15.3. The summed E-state index contributed by atoms with van der Waals surface area (Å²) in [4.78, 5) is 12.6. The van der Waals surface area contributed by atoms with Crippen LogP contribution in [0.15, 0.2) is 54.6 Å². The third-order valence-corrected chi connectivity index (χ3v) is 7.14. The van der Waals surface area contributed by atoms with Crippen LogP contribution in [0.3, 0.4) is 0 Å². The van der Waals surface area contributed by atoms with E-state index in [0.29, 0.717) is 18.6 Å². The smallest absolute Gasteiger partial charge is 0.346 e. The third-order valence-electron chi connectivity index (χ3n) is 7.14. The van der Waals surface area contributed by atoms with E-state index in [1.54, 1.807) is 0 Å². The molecule has 234 valence electrons. The van der Waals surface area contributed by atoms with E-state index in [-0.39, 0.29) is 35.0 Å². The molecule has 0 aliphatic heterocycles. The van der Waals surface area contributed by atoms with Gasteiger partial charge in [0.2, 0.25) is 5.82 Å². The lowest BCUT2D eigenvalue weighted by atomic mass is 10.0. The van der Waals surface area contributed by atoms with Gasteiger partial charge in [-0.05, 0) is 54.8 Å². The van der Waals surface area contributed by atoms with E-state index >= 15 is 0 Å². The summed E-state index contributed by atoms with van der Waals surface area (Å²) in [7, 11) is 0. The molecule has 3 aromatic carbocycles. The van der Waals surface area contributed by atoms with Gasteiger partial charge in [0.15, 0.2) is 11.6 Å². The fraction of sp³-hybridized carbons (Fsp3) is 0.457. The molecule has 4 nitrogen and oxygen atoms in total. The molecular weight excluding hydrogens is 560 g/mol. The minimum Gasteiger partial charge on any atom is -0.490 e. The van der Waals surface area contributed by atoms with Crippen molar-refractivity contribution >= 4 is 5.97 Å². The Labute approximate surface area is 252 Å². The van der Waals surface area contributed by atoms with E-state index in [4.69, 9.17) is 14.2 Å². The molecule has 0 aromatic heterocycles. The zero-order chi connectivity index (χ0) is 31.0. The number of rotatable bonds is 19. The number of carbonyl (C=O) groups excluding carboxylic acids is 1. The Morgan fingerprint density at radius 3 is 2.07 bits per heavy atom. The first-order chi connectivity index (χ1) is 20.8. The highest BCUT2D eigenvalue weighted by molar-refractivity contribution is 5.91. The van der Waals surface area contributed by atoms with Crippen LogP contribution in [0.4, 0.5) is 17.6 Å². The number of hydrogen-bond acceptors (Lipinski definition) is 4. The normalized spacial score (nSPS) is 11.8. The Morgan fingerprint density at radius 2 is 1.37 bits per heavy atom. The number of hydrogen-bond donors (Lipinski definition) is 0. The Hall–Kier alpha value is -3.55. The van der Waals surface area contributed by atoms with Gasteiger partial charge in [0.05, 0.1) is 12.2 Å². The van der Waals surface area contributed by atoms with E-state index in [0.717, 1.165) is 63.9 Å². The van der Waals surface area contributed by atoms with Crippen molar-refractivity contribution in [2.45, 2.75) is 90.6 Å². The largest absolute Gasteiger partial charge is 0.490 e. The van der Waals surface area contributed by atoms with Crippen LogP contribution in [0.2, 0.25) is 0 Å². The summed E-state index contributed by atoms with van der Waals surface area (Å²) in [5.74, 6) is -3.83. The summed E-state index contributed by atoms with van der Waals surface area (Å²) in [6, 6.07) is 12.2. The second-order valence-electron chi connectivity index (χ2n) is 10.7. The lowest BCUT2D eigenvalue weighted by molar-refractivity contribution is 0.0729. The van der Waals surface area contributed by atoms with Gasteiger partial charge in [0.25, 0.3) is 0 Å². The predicted molar refractivity (Wildman–Crippen MR) is 161 cm³/mol. The zero-order valence-electron chi connectivity index (χ0n) is 25.1. The van der Waals surface area contributed by atoms with Crippen LogP contribution in [0.5, 0.6) is 17.2 Å². The number of esters is 1. The lowest BCUT2D eigenvalue weighted by Gasteiger charge is -2.12. The molecule has 0 radical (unpaired) electrons. The minimum atomic E-state index is -1.15. The molecular formula is C35H42F4O4.